The van der Waals surface area contributed by atoms with Crippen molar-refractivity contribution in [3.63, 3.8) is 0 Å². The number of hydrogen-bond donors (Lipinski definition) is 2. The molecule has 0 saturated heterocycles. The normalized spacial score (nSPS) is 17.2. The Morgan fingerprint density at radius 2 is 2.12 bits per heavy atom. The lowest BCUT2D eigenvalue weighted by atomic mass is 10.1. The molecule has 2 N–H and O–H groups in total. The van der Waals surface area contributed by atoms with Crippen LogP contribution in [-0.4, -0.2) is 22.9 Å². The Kier molecular flexibility index (Phi) is 3.13. The smallest absolute Gasteiger partial charge is 0.161 e. The number of rotatable bonds is 4. The first-order valence-electron chi connectivity index (χ1n) is 5.32. The number of aromatic hydroxyl groups is 1. The minimum atomic E-state index is -0.449. The van der Waals surface area contributed by atoms with Crippen LogP contribution in [-0.2, 0) is 6.42 Å². The summed E-state index contributed by atoms with van der Waals surface area (Å²) in [6.07, 6.45) is 3.30. The van der Waals surface area contributed by atoms with Crippen LogP contribution in [0.3, 0.4) is 0 Å². The van der Waals surface area contributed by atoms with Gasteiger partial charge >= 0.3 is 0 Å². The summed E-state index contributed by atoms with van der Waals surface area (Å²) < 4.78 is 5.92. The number of aliphatic hydroxyl groups is 1. The van der Waals surface area contributed by atoms with E-state index in [1.54, 1.807) is 12.1 Å². The molecule has 0 bridgehead atoms. The maximum atomic E-state index is 9.75. The van der Waals surface area contributed by atoms with Crippen LogP contribution in [0.4, 0.5) is 0 Å². The zero-order valence-corrected chi connectivity index (χ0v) is 10.7. The molecule has 1 saturated carbocycles. The lowest BCUT2D eigenvalue weighted by Gasteiger charge is -2.11. The van der Waals surface area contributed by atoms with Crippen LogP contribution in [0.15, 0.2) is 16.6 Å². The van der Waals surface area contributed by atoms with Crippen LogP contribution in [0.1, 0.15) is 24.8 Å². The molecule has 1 aromatic rings. The Hall–Kier alpha value is -0.740. The van der Waals surface area contributed by atoms with Crippen molar-refractivity contribution in [1.29, 1.82) is 0 Å². The van der Waals surface area contributed by atoms with Gasteiger partial charge in [0.2, 0.25) is 0 Å². The average Bonchev–Trinajstić information content (AvgIpc) is 2.98. The van der Waals surface area contributed by atoms with Gasteiger partial charge in [-0.3, -0.25) is 0 Å². The summed E-state index contributed by atoms with van der Waals surface area (Å²) in [6.45, 7) is 0. The van der Waals surface area contributed by atoms with E-state index < -0.39 is 5.60 Å². The van der Waals surface area contributed by atoms with Crippen LogP contribution in [0.25, 0.3) is 0 Å². The molecule has 0 unspecified atom stereocenters. The van der Waals surface area contributed by atoms with Crippen molar-refractivity contribution >= 4 is 15.9 Å². The summed E-state index contributed by atoms with van der Waals surface area (Å²) in [5.41, 5.74) is 0.549. The predicted octanol–water partition coefficient (Wildman–Crippen LogP) is 2.62. The second-order valence-electron chi connectivity index (χ2n) is 4.34. The molecule has 2 rings (SSSR count). The van der Waals surface area contributed by atoms with Crippen molar-refractivity contribution in [2.75, 3.05) is 7.11 Å². The third kappa shape index (κ3) is 2.50. The molecule has 16 heavy (non-hydrogen) atoms. The number of ether oxygens (including phenoxy) is 1. The largest absolute Gasteiger partial charge is 0.504 e. The fourth-order valence-electron chi connectivity index (χ4n) is 1.70. The first kappa shape index (κ1) is 11.7. The highest BCUT2D eigenvalue weighted by molar-refractivity contribution is 9.10. The van der Waals surface area contributed by atoms with Gasteiger partial charge in [-0.25, -0.2) is 0 Å². The van der Waals surface area contributed by atoms with Crippen LogP contribution in [0.2, 0.25) is 0 Å². The number of phenols is 1. The van der Waals surface area contributed by atoms with Crippen molar-refractivity contribution in [3.8, 4) is 11.5 Å². The molecule has 88 valence electrons. The van der Waals surface area contributed by atoms with E-state index in [0.29, 0.717) is 5.75 Å². The van der Waals surface area contributed by atoms with E-state index in [9.17, 15) is 10.2 Å². The van der Waals surface area contributed by atoms with Gasteiger partial charge in [0.15, 0.2) is 11.5 Å². The van der Waals surface area contributed by atoms with E-state index in [4.69, 9.17) is 4.74 Å². The number of aryl methyl sites for hydroxylation is 1. The standard InChI is InChI=1S/C12H15BrO3/c1-16-11-7-9(13)8(6-10(11)14)2-3-12(15)4-5-12/h6-7,14-15H,2-5H2,1H3. The Morgan fingerprint density at radius 3 is 2.69 bits per heavy atom. The monoisotopic (exact) mass is 286 g/mol. The fourth-order valence-corrected chi connectivity index (χ4v) is 2.22. The average molecular weight is 287 g/mol. The van der Waals surface area contributed by atoms with Crippen molar-refractivity contribution in [2.45, 2.75) is 31.3 Å². The van der Waals surface area contributed by atoms with E-state index in [1.165, 1.54) is 7.11 Å². The maximum Gasteiger partial charge on any atom is 0.161 e. The van der Waals surface area contributed by atoms with Gasteiger partial charge in [0.1, 0.15) is 0 Å². The SMILES string of the molecule is COc1cc(Br)c(CCC2(O)CC2)cc1O. The van der Waals surface area contributed by atoms with E-state index in [1.807, 2.05) is 0 Å². The topological polar surface area (TPSA) is 49.7 Å². The Labute approximate surface area is 103 Å². The highest BCUT2D eigenvalue weighted by Crippen LogP contribution is 2.40. The molecule has 1 aromatic carbocycles. The molecule has 3 nitrogen and oxygen atoms in total. The molecule has 0 radical (unpaired) electrons. The highest BCUT2D eigenvalue weighted by atomic mass is 79.9. The van der Waals surface area contributed by atoms with Gasteiger partial charge in [-0.15, -0.1) is 0 Å². The zero-order valence-electron chi connectivity index (χ0n) is 9.16. The van der Waals surface area contributed by atoms with Gasteiger partial charge in [0.05, 0.1) is 12.7 Å². The zero-order chi connectivity index (χ0) is 11.8. The molecule has 0 heterocycles. The second kappa shape index (κ2) is 4.26. The number of hydrogen-bond acceptors (Lipinski definition) is 3. The van der Waals surface area contributed by atoms with Crippen LogP contribution < -0.4 is 4.74 Å². The summed E-state index contributed by atoms with van der Waals surface area (Å²) in [7, 11) is 1.52. The van der Waals surface area contributed by atoms with E-state index >= 15 is 0 Å². The Balaban J connectivity index is 2.11. The molecular weight excluding hydrogens is 272 g/mol. The molecule has 0 spiro atoms. The van der Waals surface area contributed by atoms with Crippen LogP contribution in [0, 0.1) is 0 Å². The van der Waals surface area contributed by atoms with Crippen molar-refractivity contribution in [1.82, 2.24) is 0 Å². The van der Waals surface area contributed by atoms with E-state index in [-0.39, 0.29) is 5.75 Å². The number of halogens is 1. The summed E-state index contributed by atoms with van der Waals surface area (Å²) in [6, 6.07) is 3.44. The second-order valence-corrected chi connectivity index (χ2v) is 5.19. The van der Waals surface area contributed by atoms with Crippen molar-refractivity contribution in [3.05, 3.63) is 22.2 Å². The quantitative estimate of drug-likeness (QED) is 0.895. The fraction of sp³-hybridized carbons (Fsp3) is 0.500. The molecular formula is C12H15BrO3. The van der Waals surface area contributed by atoms with E-state index in [2.05, 4.69) is 15.9 Å². The molecule has 0 atom stereocenters. The molecule has 0 aliphatic heterocycles. The van der Waals surface area contributed by atoms with Gasteiger partial charge < -0.3 is 14.9 Å². The van der Waals surface area contributed by atoms with Crippen LogP contribution >= 0.6 is 15.9 Å². The number of methoxy groups -OCH3 is 1. The molecule has 1 aliphatic carbocycles. The summed E-state index contributed by atoms with van der Waals surface area (Å²) >= 11 is 3.44. The van der Waals surface area contributed by atoms with Gasteiger partial charge in [-0.1, -0.05) is 15.9 Å². The molecule has 1 fully saturated rings. The van der Waals surface area contributed by atoms with Crippen molar-refractivity contribution in [2.24, 2.45) is 0 Å². The summed E-state index contributed by atoms with van der Waals surface area (Å²) in [5.74, 6) is 0.601. The van der Waals surface area contributed by atoms with Crippen molar-refractivity contribution < 1.29 is 14.9 Å². The number of phenolic OH excluding ortho intramolecular Hbond substituents is 1. The summed E-state index contributed by atoms with van der Waals surface area (Å²) in [5, 5.41) is 19.4. The first-order chi connectivity index (χ1) is 7.54. The molecule has 4 heteroatoms. The minimum absolute atomic E-state index is 0.142. The Bertz CT molecular complexity index is 399. The van der Waals surface area contributed by atoms with Gasteiger partial charge in [0, 0.05) is 4.47 Å². The predicted molar refractivity (Wildman–Crippen MR) is 64.9 cm³/mol. The Morgan fingerprint density at radius 1 is 1.44 bits per heavy atom. The third-order valence-electron chi connectivity index (χ3n) is 3.03. The third-order valence-corrected chi connectivity index (χ3v) is 3.77. The van der Waals surface area contributed by atoms with Crippen LogP contribution in [0.5, 0.6) is 11.5 Å². The molecule has 1 aliphatic rings. The van der Waals surface area contributed by atoms with E-state index in [0.717, 1.165) is 35.7 Å². The van der Waals surface area contributed by atoms with Gasteiger partial charge in [0.25, 0.3) is 0 Å². The lowest BCUT2D eigenvalue weighted by molar-refractivity contribution is 0.140. The number of benzene rings is 1. The summed E-state index contributed by atoms with van der Waals surface area (Å²) in [4.78, 5) is 0. The minimum Gasteiger partial charge on any atom is -0.504 e. The first-order valence-corrected chi connectivity index (χ1v) is 6.11. The lowest BCUT2D eigenvalue weighted by Crippen LogP contribution is -2.08. The highest BCUT2D eigenvalue weighted by Gasteiger charge is 2.39. The maximum absolute atomic E-state index is 9.75. The van der Waals surface area contributed by atoms with Gasteiger partial charge in [-0.2, -0.15) is 0 Å². The van der Waals surface area contributed by atoms with Gasteiger partial charge in [-0.05, 0) is 43.4 Å². The molecule has 0 amide bonds. The molecule has 0 aromatic heterocycles.